The van der Waals surface area contributed by atoms with E-state index in [0.29, 0.717) is 6.61 Å². The molecule has 0 amide bonds. The van der Waals surface area contributed by atoms with E-state index in [1.165, 1.54) is 43.5 Å². The second kappa shape index (κ2) is 6.77. The fraction of sp³-hybridized carbons (Fsp3) is 0.474. The Bertz CT molecular complexity index is 643. The van der Waals surface area contributed by atoms with Crippen molar-refractivity contribution in [3.63, 3.8) is 0 Å². The number of rotatable bonds is 4. The molecule has 2 saturated heterocycles. The predicted molar refractivity (Wildman–Crippen MR) is 94.0 cm³/mol. The van der Waals surface area contributed by atoms with Crippen molar-refractivity contribution >= 4 is 5.95 Å². The van der Waals surface area contributed by atoms with Crippen LogP contribution in [-0.4, -0.2) is 53.7 Å². The molecule has 1 spiro atoms. The molecule has 2 fully saturated rings. The number of benzene rings is 1. The summed E-state index contributed by atoms with van der Waals surface area (Å²) >= 11 is 0. The van der Waals surface area contributed by atoms with Gasteiger partial charge in [-0.2, -0.15) is 0 Å². The van der Waals surface area contributed by atoms with Gasteiger partial charge in [0.2, 0.25) is 5.95 Å². The Labute approximate surface area is 143 Å². The van der Waals surface area contributed by atoms with Crippen molar-refractivity contribution in [2.45, 2.75) is 19.4 Å². The van der Waals surface area contributed by atoms with Crippen molar-refractivity contribution in [3.8, 4) is 5.75 Å². The number of hydrogen-bond donors (Lipinski definition) is 0. The van der Waals surface area contributed by atoms with E-state index < -0.39 is 0 Å². The minimum Gasteiger partial charge on any atom is -0.486 e. The highest BCUT2D eigenvalue weighted by atomic mass is 16.5. The second-order valence-electron chi connectivity index (χ2n) is 6.92. The fourth-order valence-corrected chi connectivity index (χ4v) is 3.83. The zero-order valence-electron chi connectivity index (χ0n) is 14.1. The van der Waals surface area contributed by atoms with Gasteiger partial charge in [-0.05, 0) is 5.56 Å². The molecule has 2 aromatic rings. The van der Waals surface area contributed by atoms with Crippen molar-refractivity contribution in [1.82, 2.24) is 9.97 Å². The Kier molecular flexibility index (Phi) is 4.34. The molecule has 126 valence electrons. The third-order valence-corrected chi connectivity index (χ3v) is 5.35. The van der Waals surface area contributed by atoms with Crippen LogP contribution in [0.5, 0.6) is 5.75 Å². The number of anilines is 1. The largest absolute Gasteiger partial charge is 0.486 e. The monoisotopic (exact) mass is 325 g/mol. The first-order valence-electron chi connectivity index (χ1n) is 8.92. The highest BCUT2D eigenvalue weighted by Gasteiger charge is 2.36. The predicted octanol–water partition coefficient (Wildman–Crippen LogP) is 2.49. The van der Waals surface area contributed by atoms with Crippen LogP contribution in [0.1, 0.15) is 18.4 Å². The molecule has 0 unspecified atom stereocenters. The normalized spacial score (nSPS) is 19.6. The first-order valence-corrected chi connectivity index (χ1v) is 8.92. The summed E-state index contributed by atoms with van der Waals surface area (Å²) in [6.07, 6.45) is 6.37. The SMILES string of the molecule is c1ccc(COc2cnc(N3CC[N+]4(CCCC4)CC3)nc2)cc1. The third-order valence-electron chi connectivity index (χ3n) is 5.35. The van der Waals surface area contributed by atoms with Crippen molar-refractivity contribution in [2.24, 2.45) is 0 Å². The number of hydrogen-bond acceptors (Lipinski definition) is 4. The summed E-state index contributed by atoms with van der Waals surface area (Å²) in [5.74, 6) is 1.56. The molecule has 2 aliphatic heterocycles. The maximum Gasteiger partial charge on any atom is 0.225 e. The van der Waals surface area contributed by atoms with Gasteiger partial charge in [0.05, 0.1) is 51.7 Å². The van der Waals surface area contributed by atoms with E-state index in [2.05, 4.69) is 27.0 Å². The summed E-state index contributed by atoms with van der Waals surface area (Å²) in [6, 6.07) is 10.2. The van der Waals surface area contributed by atoms with Crippen LogP contribution in [-0.2, 0) is 6.61 Å². The lowest BCUT2D eigenvalue weighted by atomic mass is 10.2. The molecule has 24 heavy (non-hydrogen) atoms. The van der Waals surface area contributed by atoms with Gasteiger partial charge in [0.15, 0.2) is 5.75 Å². The van der Waals surface area contributed by atoms with E-state index in [0.717, 1.165) is 30.4 Å². The van der Waals surface area contributed by atoms with Crippen LogP contribution >= 0.6 is 0 Å². The van der Waals surface area contributed by atoms with Crippen molar-refractivity contribution in [3.05, 3.63) is 48.3 Å². The average Bonchev–Trinajstić information content (AvgIpc) is 3.10. The van der Waals surface area contributed by atoms with E-state index >= 15 is 0 Å². The van der Waals surface area contributed by atoms with Crippen LogP contribution in [0.3, 0.4) is 0 Å². The maximum absolute atomic E-state index is 5.76. The second-order valence-corrected chi connectivity index (χ2v) is 6.92. The zero-order valence-corrected chi connectivity index (χ0v) is 14.1. The summed E-state index contributed by atoms with van der Waals surface area (Å²) in [7, 11) is 0. The van der Waals surface area contributed by atoms with Crippen LogP contribution in [0.4, 0.5) is 5.95 Å². The summed E-state index contributed by atoms with van der Waals surface area (Å²) in [4.78, 5) is 11.3. The van der Waals surface area contributed by atoms with Crippen LogP contribution in [0.15, 0.2) is 42.7 Å². The van der Waals surface area contributed by atoms with Crippen molar-refractivity contribution in [1.29, 1.82) is 0 Å². The highest BCUT2D eigenvalue weighted by molar-refractivity contribution is 5.32. The van der Waals surface area contributed by atoms with Gasteiger partial charge in [-0.1, -0.05) is 30.3 Å². The molecule has 3 heterocycles. The number of aromatic nitrogens is 2. The van der Waals surface area contributed by atoms with E-state index in [4.69, 9.17) is 4.74 Å². The molecular weight excluding hydrogens is 300 g/mol. The minimum atomic E-state index is 0.549. The fourth-order valence-electron chi connectivity index (χ4n) is 3.83. The van der Waals surface area contributed by atoms with Gasteiger partial charge in [-0.3, -0.25) is 0 Å². The van der Waals surface area contributed by atoms with E-state index in [9.17, 15) is 0 Å². The lowest BCUT2D eigenvalue weighted by molar-refractivity contribution is -0.917. The first-order chi connectivity index (χ1) is 11.8. The van der Waals surface area contributed by atoms with Crippen LogP contribution in [0, 0.1) is 0 Å². The molecule has 2 aliphatic rings. The minimum absolute atomic E-state index is 0.549. The third kappa shape index (κ3) is 3.36. The van der Waals surface area contributed by atoms with Crippen LogP contribution < -0.4 is 9.64 Å². The van der Waals surface area contributed by atoms with Crippen LogP contribution in [0.25, 0.3) is 0 Å². The Morgan fingerprint density at radius 2 is 1.58 bits per heavy atom. The Hall–Kier alpha value is -2.14. The van der Waals surface area contributed by atoms with Crippen molar-refractivity contribution < 1.29 is 9.22 Å². The molecule has 5 heteroatoms. The number of quaternary nitrogens is 1. The number of ether oxygens (including phenoxy) is 1. The number of nitrogens with zero attached hydrogens (tertiary/aromatic N) is 4. The van der Waals surface area contributed by atoms with Gasteiger partial charge in [0.25, 0.3) is 0 Å². The summed E-state index contributed by atoms with van der Waals surface area (Å²) in [5.41, 5.74) is 1.15. The molecule has 4 rings (SSSR count). The Morgan fingerprint density at radius 1 is 0.917 bits per heavy atom. The maximum atomic E-state index is 5.76. The molecule has 0 N–H and O–H groups in total. The van der Waals surface area contributed by atoms with Gasteiger partial charge in [0, 0.05) is 12.8 Å². The van der Waals surface area contributed by atoms with Crippen molar-refractivity contribution in [2.75, 3.05) is 44.2 Å². The molecule has 1 aromatic carbocycles. The van der Waals surface area contributed by atoms with Gasteiger partial charge in [0.1, 0.15) is 6.61 Å². The first kappa shape index (κ1) is 15.4. The standard InChI is InChI=1S/C19H25N4O/c1-2-6-17(7-3-1)16-24-18-14-20-19(21-15-18)22-8-12-23(13-9-22)10-4-5-11-23/h1-3,6-7,14-15H,4-5,8-13,16H2/q+1. The van der Waals surface area contributed by atoms with Crippen LogP contribution in [0.2, 0.25) is 0 Å². The summed E-state index contributed by atoms with van der Waals surface area (Å²) in [5, 5.41) is 0. The highest BCUT2D eigenvalue weighted by Crippen LogP contribution is 2.24. The van der Waals surface area contributed by atoms with E-state index in [1.54, 1.807) is 12.4 Å². The molecule has 0 radical (unpaired) electrons. The van der Waals surface area contributed by atoms with Gasteiger partial charge in [-0.15, -0.1) is 0 Å². The topological polar surface area (TPSA) is 38.2 Å². The zero-order chi connectivity index (χ0) is 16.2. The smallest absolute Gasteiger partial charge is 0.225 e. The summed E-state index contributed by atoms with van der Waals surface area (Å²) in [6.45, 7) is 7.86. The average molecular weight is 325 g/mol. The molecule has 0 aliphatic carbocycles. The molecule has 5 nitrogen and oxygen atoms in total. The molecule has 1 aromatic heterocycles. The molecular formula is C19H25N4O+. The lowest BCUT2D eigenvalue weighted by Crippen LogP contribution is -2.58. The Balaban J connectivity index is 1.32. The van der Waals surface area contributed by atoms with E-state index in [1.807, 2.05) is 18.2 Å². The molecule has 0 saturated carbocycles. The summed E-state index contributed by atoms with van der Waals surface area (Å²) < 4.78 is 7.08. The Morgan fingerprint density at radius 3 is 2.25 bits per heavy atom. The van der Waals surface area contributed by atoms with Gasteiger partial charge in [-0.25, -0.2) is 9.97 Å². The quantitative estimate of drug-likeness (QED) is 0.810. The van der Waals surface area contributed by atoms with Gasteiger partial charge < -0.3 is 14.1 Å². The molecule has 0 bridgehead atoms. The van der Waals surface area contributed by atoms with Gasteiger partial charge >= 0.3 is 0 Å². The lowest BCUT2D eigenvalue weighted by Gasteiger charge is -2.41. The number of piperazine rings is 1. The molecule has 0 atom stereocenters. The van der Waals surface area contributed by atoms with E-state index in [-0.39, 0.29) is 0 Å².